The van der Waals surface area contributed by atoms with Crippen LogP contribution in [0.1, 0.15) is 24.1 Å². The lowest BCUT2D eigenvalue weighted by Crippen LogP contribution is -2.68. The van der Waals surface area contributed by atoms with Crippen molar-refractivity contribution >= 4 is 21.8 Å². The Bertz CT molecular complexity index is 738. The van der Waals surface area contributed by atoms with Gasteiger partial charge in [-0.3, -0.25) is 0 Å². The minimum atomic E-state index is -3.30. The van der Waals surface area contributed by atoms with Gasteiger partial charge in [-0.1, -0.05) is 0 Å². The molecule has 0 amide bonds. The highest BCUT2D eigenvalue weighted by Gasteiger charge is 2.55. The van der Waals surface area contributed by atoms with Crippen LogP contribution in [0.15, 0.2) is 0 Å². The number of fused-ring (bicyclic) bond motifs is 2. The first-order valence-electron chi connectivity index (χ1n) is 7.93. The molecule has 4 N–H and O–H groups in total. The molecule has 4 atom stereocenters. The SMILES string of the molecule is CS(=O)(=O)N[C@@H]1[C@@H](Nc2nc(N)nc3c2CCC3)[C@H]2CCO[C@H]21. The molecule has 2 fully saturated rings. The van der Waals surface area contributed by atoms with E-state index in [1.54, 1.807) is 0 Å². The van der Waals surface area contributed by atoms with Crippen LogP contribution in [-0.2, 0) is 27.6 Å². The maximum Gasteiger partial charge on any atom is 0.222 e. The van der Waals surface area contributed by atoms with E-state index in [4.69, 9.17) is 10.5 Å². The van der Waals surface area contributed by atoms with Crippen LogP contribution in [0.25, 0.3) is 0 Å². The van der Waals surface area contributed by atoms with Gasteiger partial charge >= 0.3 is 0 Å². The Morgan fingerprint density at radius 1 is 1.26 bits per heavy atom. The zero-order valence-electron chi connectivity index (χ0n) is 12.9. The van der Waals surface area contributed by atoms with Crippen molar-refractivity contribution in [2.24, 2.45) is 5.92 Å². The highest BCUT2D eigenvalue weighted by molar-refractivity contribution is 7.88. The molecule has 1 aliphatic heterocycles. The fourth-order valence-electron chi connectivity index (χ4n) is 4.02. The van der Waals surface area contributed by atoms with Crippen LogP contribution in [0.2, 0.25) is 0 Å². The first kappa shape index (κ1) is 15.1. The molecule has 1 aromatic heterocycles. The molecule has 1 saturated heterocycles. The number of nitrogens with one attached hydrogen (secondary N) is 2. The van der Waals surface area contributed by atoms with E-state index >= 15 is 0 Å². The van der Waals surface area contributed by atoms with E-state index in [2.05, 4.69) is 20.0 Å². The molecule has 0 radical (unpaired) electrons. The molecule has 0 aromatic carbocycles. The lowest BCUT2D eigenvalue weighted by molar-refractivity contribution is -0.00319. The molecule has 1 aromatic rings. The molecule has 9 heteroatoms. The molecule has 0 unspecified atom stereocenters. The predicted octanol–water partition coefficient (Wildman–Crippen LogP) is -0.335. The molecule has 2 aliphatic carbocycles. The van der Waals surface area contributed by atoms with Crippen LogP contribution in [-0.4, -0.2) is 49.4 Å². The highest BCUT2D eigenvalue weighted by Crippen LogP contribution is 2.41. The maximum atomic E-state index is 11.6. The fourth-order valence-corrected chi connectivity index (χ4v) is 4.80. The summed E-state index contributed by atoms with van der Waals surface area (Å²) in [6, 6.07) is -0.304. The van der Waals surface area contributed by atoms with Crippen molar-refractivity contribution in [2.45, 2.75) is 43.9 Å². The van der Waals surface area contributed by atoms with Crippen LogP contribution in [0.5, 0.6) is 0 Å². The molecular weight excluding hydrogens is 318 g/mol. The Balaban J connectivity index is 1.60. The molecule has 8 nitrogen and oxygen atoms in total. The summed E-state index contributed by atoms with van der Waals surface area (Å²) in [4.78, 5) is 8.65. The number of nitrogens with zero attached hydrogens (tertiary/aromatic N) is 2. The average molecular weight is 339 g/mol. The topological polar surface area (TPSA) is 119 Å². The molecule has 4 rings (SSSR count). The quantitative estimate of drug-likeness (QED) is 0.687. The number of sulfonamides is 1. The maximum absolute atomic E-state index is 11.6. The molecule has 23 heavy (non-hydrogen) atoms. The number of ether oxygens (including phenoxy) is 1. The predicted molar refractivity (Wildman–Crippen MR) is 85.5 cm³/mol. The zero-order valence-corrected chi connectivity index (χ0v) is 13.8. The summed E-state index contributed by atoms with van der Waals surface area (Å²) in [5.74, 6) is 1.31. The molecule has 0 bridgehead atoms. The number of anilines is 2. The van der Waals surface area contributed by atoms with Gasteiger partial charge in [0.05, 0.1) is 30.1 Å². The smallest absolute Gasteiger partial charge is 0.222 e. The minimum Gasteiger partial charge on any atom is -0.376 e. The van der Waals surface area contributed by atoms with Gasteiger partial charge < -0.3 is 15.8 Å². The largest absolute Gasteiger partial charge is 0.376 e. The van der Waals surface area contributed by atoms with Crippen LogP contribution >= 0.6 is 0 Å². The van der Waals surface area contributed by atoms with E-state index in [1.807, 2.05) is 0 Å². The summed E-state index contributed by atoms with van der Waals surface area (Å²) in [7, 11) is -3.30. The van der Waals surface area contributed by atoms with Gasteiger partial charge in [-0.15, -0.1) is 0 Å². The van der Waals surface area contributed by atoms with Gasteiger partial charge in [0.2, 0.25) is 16.0 Å². The number of hydrogen-bond donors (Lipinski definition) is 3. The Morgan fingerprint density at radius 3 is 2.87 bits per heavy atom. The van der Waals surface area contributed by atoms with Crippen LogP contribution in [0.4, 0.5) is 11.8 Å². The highest BCUT2D eigenvalue weighted by atomic mass is 32.2. The Hall–Kier alpha value is -1.45. The summed E-state index contributed by atoms with van der Waals surface area (Å²) < 4.78 is 31.6. The van der Waals surface area contributed by atoms with Crippen molar-refractivity contribution in [3.05, 3.63) is 11.3 Å². The Kier molecular flexibility index (Phi) is 3.47. The first-order chi connectivity index (χ1) is 10.9. The van der Waals surface area contributed by atoms with Crippen molar-refractivity contribution in [2.75, 3.05) is 23.9 Å². The number of aryl methyl sites for hydroxylation is 1. The third kappa shape index (κ3) is 2.66. The second-order valence-corrected chi connectivity index (χ2v) is 8.36. The second-order valence-electron chi connectivity index (χ2n) is 6.58. The molecule has 126 valence electrons. The van der Waals surface area contributed by atoms with Gasteiger partial charge in [0, 0.05) is 18.1 Å². The van der Waals surface area contributed by atoms with E-state index < -0.39 is 10.0 Å². The summed E-state index contributed by atoms with van der Waals surface area (Å²) in [5, 5.41) is 3.43. The van der Waals surface area contributed by atoms with E-state index in [-0.39, 0.29) is 24.1 Å². The van der Waals surface area contributed by atoms with Gasteiger partial charge in [-0.05, 0) is 25.7 Å². The number of hydrogen-bond acceptors (Lipinski definition) is 7. The summed E-state index contributed by atoms with van der Waals surface area (Å²) in [5.41, 5.74) is 7.93. The lowest BCUT2D eigenvalue weighted by Gasteiger charge is -2.47. The van der Waals surface area contributed by atoms with E-state index in [1.165, 1.54) is 6.26 Å². The molecule has 1 saturated carbocycles. The fraction of sp³-hybridized carbons (Fsp3) is 0.714. The first-order valence-corrected chi connectivity index (χ1v) is 9.82. The number of aromatic nitrogens is 2. The second kappa shape index (κ2) is 5.29. The third-order valence-electron chi connectivity index (χ3n) is 4.99. The van der Waals surface area contributed by atoms with Gasteiger partial charge in [-0.25, -0.2) is 18.1 Å². The minimum absolute atomic E-state index is 0.0313. The van der Waals surface area contributed by atoms with Crippen molar-refractivity contribution in [1.82, 2.24) is 14.7 Å². The summed E-state index contributed by atoms with van der Waals surface area (Å²) in [6.07, 6.45) is 4.93. The molecule has 0 spiro atoms. The van der Waals surface area contributed by atoms with Crippen molar-refractivity contribution in [3.63, 3.8) is 0 Å². The number of nitrogens with two attached hydrogens (primary N) is 1. The summed E-state index contributed by atoms with van der Waals surface area (Å²) in [6.45, 7) is 0.666. The molecular formula is C14H21N5O3S. The lowest BCUT2D eigenvalue weighted by atomic mass is 9.72. The Labute approximate surface area is 135 Å². The van der Waals surface area contributed by atoms with Gasteiger partial charge in [0.25, 0.3) is 0 Å². The Morgan fingerprint density at radius 2 is 2.09 bits per heavy atom. The third-order valence-corrected chi connectivity index (χ3v) is 5.69. The molecule has 3 aliphatic rings. The average Bonchev–Trinajstić information content (AvgIpc) is 3.07. The van der Waals surface area contributed by atoms with Crippen LogP contribution in [0, 0.1) is 5.92 Å². The number of nitrogen functional groups attached to an aromatic ring is 1. The van der Waals surface area contributed by atoms with Crippen molar-refractivity contribution < 1.29 is 13.2 Å². The van der Waals surface area contributed by atoms with Gasteiger partial charge in [0.1, 0.15) is 5.82 Å². The van der Waals surface area contributed by atoms with Crippen LogP contribution in [0.3, 0.4) is 0 Å². The van der Waals surface area contributed by atoms with E-state index in [0.29, 0.717) is 12.5 Å². The normalized spacial score (nSPS) is 32.2. The monoisotopic (exact) mass is 339 g/mol. The van der Waals surface area contributed by atoms with E-state index in [0.717, 1.165) is 42.8 Å². The number of rotatable bonds is 4. The van der Waals surface area contributed by atoms with E-state index in [9.17, 15) is 8.42 Å². The zero-order chi connectivity index (χ0) is 16.2. The van der Waals surface area contributed by atoms with Gasteiger partial charge in [-0.2, -0.15) is 4.98 Å². The van der Waals surface area contributed by atoms with Crippen LogP contribution < -0.4 is 15.8 Å². The van der Waals surface area contributed by atoms with Crippen molar-refractivity contribution in [3.8, 4) is 0 Å². The van der Waals surface area contributed by atoms with Crippen molar-refractivity contribution in [1.29, 1.82) is 0 Å². The standard InChI is InChI=1S/C14H21N5O3S/c1-23(20,21)19-11-10(8-5-6-22-12(8)11)17-13-7-3-2-4-9(7)16-14(15)18-13/h8,10-12,19H,2-6H2,1H3,(H3,15,16,17,18)/t8-,10+,11-,12-/m1/s1. The van der Waals surface area contributed by atoms with Gasteiger partial charge in [0.15, 0.2) is 0 Å². The molecule has 2 heterocycles. The summed E-state index contributed by atoms with van der Waals surface area (Å²) >= 11 is 0.